The van der Waals surface area contributed by atoms with Gasteiger partial charge in [0.05, 0.1) is 6.10 Å². The van der Waals surface area contributed by atoms with Crippen molar-refractivity contribution in [1.82, 2.24) is 10.2 Å². The molecule has 0 aromatic carbocycles. The lowest BCUT2D eigenvalue weighted by atomic mass is 9.87. The van der Waals surface area contributed by atoms with Crippen molar-refractivity contribution >= 4 is 6.09 Å². The van der Waals surface area contributed by atoms with Gasteiger partial charge in [-0.25, -0.2) is 4.79 Å². The summed E-state index contributed by atoms with van der Waals surface area (Å²) in [6, 6.07) is 0.248. The second kappa shape index (κ2) is 7.18. The Hall–Kier alpha value is -0.810. The van der Waals surface area contributed by atoms with Crippen LogP contribution in [0.5, 0.6) is 0 Å². The van der Waals surface area contributed by atoms with Gasteiger partial charge in [-0.05, 0) is 66.0 Å². The molecule has 2 aliphatic carbocycles. The second-order valence-electron chi connectivity index (χ2n) is 8.00. The third-order valence-corrected chi connectivity index (χ3v) is 4.64. The van der Waals surface area contributed by atoms with Gasteiger partial charge in [-0.2, -0.15) is 0 Å². The maximum absolute atomic E-state index is 12.0. The average Bonchev–Trinajstić information content (AvgIpc) is 3.20. The zero-order valence-corrected chi connectivity index (χ0v) is 14.5. The van der Waals surface area contributed by atoms with Crippen molar-refractivity contribution in [3.05, 3.63) is 0 Å². The van der Waals surface area contributed by atoms with Crippen molar-refractivity contribution in [2.75, 3.05) is 13.6 Å². The number of carbonyl (C=O) groups excluding carboxylic acids is 1. The van der Waals surface area contributed by atoms with E-state index in [4.69, 9.17) is 4.74 Å². The van der Waals surface area contributed by atoms with E-state index in [0.29, 0.717) is 0 Å². The van der Waals surface area contributed by atoms with Crippen molar-refractivity contribution in [2.24, 2.45) is 5.92 Å². The van der Waals surface area contributed by atoms with Gasteiger partial charge in [-0.3, -0.25) is 0 Å². The standard InChI is InChI=1S/C17H32N2O3/c1-17(2,3)22-16(21)18-14-8-7-13(20)11-15(14)19(4)10-9-12-5-6-12/h12-15,20H,5-11H2,1-4H3,(H,18,21). The normalized spacial score (nSPS) is 29.5. The number of hydrogen-bond donors (Lipinski definition) is 2. The number of aliphatic hydroxyl groups is 1. The molecular formula is C17H32N2O3. The minimum absolute atomic E-state index is 0.0578. The number of amides is 1. The lowest BCUT2D eigenvalue weighted by Gasteiger charge is -2.40. The SMILES string of the molecule is CN(CCC1CC1)C1CC(O)CCC1NC(=O)OC(C)(C)C. The van der Waals surface area contributed by atoms with Crippen molar-refractivity contribution in [3.8, 4) is 0 Å². The lowest BCUT2D eigenvalue weighted by molar-refractivity contribution is 0.0282. The third-order valence-electron chi connectivity index (χ3n) is 4.64. The molecule has 2 saturated carbocycles. The monoisotopic (exact) mass is 312 g/mol. The van der Waals surface area contributed by atoms with E-state index in [2.05, 4.69) is 17.3 Å². The molecule has 22 heavy (non-hydrogen) atoms. The van der Waals surface area contributed by atoms with Gasteiger partial charge < -0.3 is 20.1 Å². The maximum atomic E-state index is 12.0. The number of hydrogen-bond acceptors (Lipinski definition) is 4. The highest BCUT2D eigenvalue weighted by Gasteiger charge is 2.34. The Balaban J connectivity index is 1.88. The molecule has 0 bridgehead atoms. The zero-order valence-electron chi connectivity index (χ0n) is 14.5. The van der Waals surface area contributed by atoms with Crippen LogP contribution in [0.15, 0.2) is 0 Å². The fourth-order valence-electron chi connectivity index (χ4n) is 3.20. The predicted octanol–water partition coefficient (Wildman–Crippen LogP) is 2.53. The summed E-state index contributed by atoms with van der Waals surface area (Å²) in [6.45, 7) is 6.65. The Bertz CT molecular complexity index is 377. The van der Waals surface area contributed by atoms with Gasteiger partial charge in [0, 0.05) is 12.1 Å². The van der Waals surface area contributed by atoms with Crippen molar-refractivity contribution < 1.29 is 14.6 Å². The van der Waals surface area contributed by atoms with E-state index in [1.807, 2.05) is 20.8 Å². The molecule has 1 amide bonds. The first kappa shape index (κ1) is 17.5. The summed E-state index contributed by atoms with van der Waals surface area (Å²) in [5.74, 6) is 0.897. The van der Waals surface area contributed by atoms with Crippen molar-refractivity contribution in [3.63, 3.8) is 0 Å². The topological polar surface area (TPSA) is 61.8 Å². The van der Waals surface area contributed by atoms with E-state index in [1.165, 1.54) is 19.3 Å². The van der Waals surface area contributed by atoms with Crippen LogP contribution in [-0.4, -0.2) is 53.5 Å². The van der Waals surface area contributed by atoms with Gasteiger partial charge in [0.25, 0.3) is 0 Å². The van der Waals surface area contributed by atoms with Gasteiger partial charge in [-0.15, -0.1) is 0 Å². The summed E-state index contributed by atoms with van der Waals surface area (Å²) >= 11 is 0. The van der Waals surface area contributed by atoms with Crippen LogP contribution < -0.4 is 5.32 Å². The van der Waals surface area contributed by atoms with Crippen LogP contribution in [0.1, 0.15) is 59.3 Å². The van der Waals surface area contributed by atoms with Crippen molar-refractivity contribution in [2.45, 2.75) is 83.1 Å². The third kappa shape index (κ3) is 5.76. The van der Waals surface area contributed by atoms with Crippen LogP contribution in [0, 0.1) is 5.92 Å². The summed E-state index contributed by atoms with van der Waals surface area (Å²) in [5, 5.41) is 13.0. The molecule has 0 aliphatic heterocycles. The first-order valence-corrected chi connectivity index (χ1v) is 8.62. The van der Waals surface area contributed by atoms with Crippen LogP contribution in [-0.2, 0) is 4.74 Å². The number of likely N-dealkylation sites (N-methyl/N-ethyl adjacent to an activating group) is 1. The molecular weight excluding hydrogens is 280 g/mol. The second-order valence-corrected chi connectivity index (χ2v) is 8.00. The maximum Gasteiger partial charge on any atom is 0.407 e. The molecule has 5 nitrogen and oxygen atoms in total. The number of ether oxygens (including phenoxy) is 1. The van der Waals surface area contributed by atoms with Crippen LogP contribution >= 0.6 is 0 Å². The minimum atomic E-state index is -0.481. The fraction of sp³-hybridized carbons (Fsp3) is 0.941. The highest BCUT2D eigenvalue weighted by Crippen LogP contribution is 2.33. The molecule has 5 heteroatoms. The molecule has 2 aliphatic rings. The highest BCUT2D eigenvalue weighted by atomic mass is 16.6. The molecule has 3 atom stereocenters. The molecule has 0 radical (unpaired) electrons. The molecule has 2 rings (SSSR count). The summed E-state index contributed by atoms with van der Waals surface area (Å²) < 4.78 is 5.37. The summed E-state index contributed by atoms with van der Waals surface area (Å²) in [4.78, 5) is 14.3. The van der Waals surface area contributed by atoms with E-state index < -0.39 is 5.60 Å². The number of aliphatic hydroxyl groups excluding tert-OH is 1. The Morgan fingerprint density at radius 3 is 2.55 bits per heavy atom. The molecule has 0 heterocycles. The van der Waals surface area contributed by atoms with E-state index in [9.17, 15) is 9.90 Å². The van der Waals surface area contributed by atoms with E-state index in [1.54, 1.807) is 0 Å². The number of nitrogens with zero attached hydrogens (tertiary/aromatic N) is 1. The Morgan fingerprint density at radius 2 is 1.95 bits per heavy atom. The van der Waals surface area contributed by atoms with Gasteiger partial charge in [0.2, 0.25) is 0 Å². The Labute approximate surface area is 134 Å². The molecule has 0 spiro atoms. The summed E-state index contributed by atoms with van der Waals surface area (Å²) in [5.41, 5.74) is -0.481. The summed E-state index contributed by atoms with van der Waals surface area (Å²) in [7, 11) is 2.11. The van der Waals surface area contributed by atoms with Crippen LogP contribution in [0.25, 0.3) is 0 Å². The van der Waals surface area contributed by atoms with E-state index >= 15 is 0 Å². The van der Waals surface area contributed by atoms with Gasteiger partial charge in [0.15, 0.2) is 0 Å². The van der Waals surface area contributed by atoms with Crippen molar-refractivity contribution in [1.29, 1.82) is 0 Å². The largest absolute Gasteiger partial charge is 0.444 e. The molecule has 0 aromatic rings. The lowest BCUT2D eigenvalue weighted by Crippen LogP contribution is -2.55. The first-order chi connectivity index (χ1) is 10.2. The first-order valence-electron chi connectivity index (χ1n) is 8.62. The predicted molar refractivity (Wildman–Crippen MR) is 86.8 cm³/mol. The number of rotatable bonds is 5. The smallest absolute Gasteiger partial charge is 0.407 e. The van der Waals surface area contributed by atoms with Gasteiger partial charge in [0.1, 0.15) is 5.60 Å². The molecule has 2 N–H and O–H groups in total. The van der Waals surface area contributed by atoms with E-state index in [-0.39, 0.29) is 24.3 Å². The number of alkyl carbamates (subject to hydrolysis) is 1. The quantitative estimate of drug-likeness (QED) is 0.819. The fourth-order valence-corrected chi connectivity index (χ4v) is 3.20. The molecule has 0 aromatic heterocycles. The number of carbonyl (C=O) groups is 1. The molecule has 2 fully saturated rings. The molecule has 3 unspecified atom stereocenters. The van der Waals surface area contributed by atoms with Crippen LogP contribution in [0.2, 0.25) is 0 Å². The highest BCUT2D eigenvalue weighted by molar-refractivity contribution is 5.68. The zero-order chi connectivity index (χ0) is 16.3. The molecule has 128 valence electrons. The molecule has 0 saturated heterocycles. The summed E-state index contributed by atoms with van der Waals surface area (Å²) in [6.07, 6.45) is 5.61. The average molecular weight is 312 g/mol. The Kier molecular flexibility index (Phi) is 5.72. The number of nitrogens with one attached hydrogen (secondary N) is 1. The van der Waals surface area contributed by atoms with Crippen LogP contribution in [0.3, 0.4) is 0 Å². The van der Waals surface area contributed by atoms with Crippen LogP contribution in [0.4, 0.5) is 4.79 Å². The Morgan fingerprint density at radius 1 is 1.27 bits per heavy atom. The van der Waals surface area contributed by atoms with Gasteiger partial charge >= 0.3 is 6.09 Å². The minimum Gasteiger partial charge on any atom is -0.444 e. The van der Waals surface area contributed by atoms with Gasteiger partial charge in [-0.1, -0.05) is 12.8 Å². The van der Waals surface area contributed by atoms with E-state index in [0.717, 1.165) is 31.7 Å².